The van der Waals surface area contributed by atoms with E-state index in [-0.39, 0.29) is 29.6 Å². The highest BCUT2D eigenvalue weighted by molar-refractivity contribution is 5.91. The van der Waals surface area contributed by atoms with Crippen molar-refractivity contribution in [3.63, 3.8) is 0 Å². The number of nitrogens with zero attached hydrogens (tertiary/aromatic N) is 3. The molecule has 54 heavy (non-hydrogen) atoms. The van der Waals surface area contributed by atoms with Crippen LogP contribution in [0.1, 0.15) is 48.6 Å². The lowest BCUT2D eigenvalue weighted by Crippen LogP contribution is -2.47. The zero-order valence-corrected chi connectivity index (χ0v) is 30.7. The summed E-state index contributed by atoms with van der Waals surface area (Å²) >= 11 is 0. The highest BCUT2D eigenvalue weighted by Crippen LogP contribution is 2.27. The Bertz CT molecular complexity index is 2040. The smallest absolute Gasteiger partial charge is 0.246 e. The normalized spacial score (nSPS) is 13.6. The molecule has 1 aliphatic heterocycles. The topological polar surface area (TPSA) is 64.1 Å². The minimum absolute atomic E-state index is 0.0171. The number of ether oxygens (including phenoxy) is 3. The molecule has 5 aromatic rings. The summed E-state index contributed by atoms with van der Waals surface area (Å²) in [5, 5.41) is 0. The van der Waals surface area contributed by atoms with Crippen molar-refractivity contribution >= 4 is 12.0 Å². The Kier molecular flexibility index (Phi) is 12.3. The van der Waals surface area contributed by atoms with E-state index in [4.69, 9.17) is 14.2 Å². The van der Waals surface area contributed by atoms with Crippen molar-refractivity contribution in [3.8, 4) is 23.1 Å². The number of hydrogen-bond acceptors (Lipinski definition) is 6. The van der Waals surface area contributed by atoms with Gasteiger partial charge in [0, 0.05) is 51.3 Å². The van der Waals surface area contributed by atoms with Gasteiger partial charge in [0.05, 0.1) is 12.8 Å². The van der Waals surface area contributed by atoms with E-state index >= 15 is 0 Å². The number of carbonyl (C=O) groups excluding carboxylic acids is 1. The summed E-state index contributed by atoms with van der Waals surface area (Å²) in [6.07, 6.45) is 5.28. The summed E-state index contributed by atoms with van der Waals surface area (Å²) in [7, 11) is 0. The maximum atomic E-state index is 14.9. The van der Waals surface area contributed by atoms with E-state index in [1.165, 1.54) is 53.2 Å². The second kappa shape index (κ2) is 17.5. The molecule has 0 N–H and O–H groups in total. The quantitative estimate of drug-likeness (QED) is 0.113. The molecule has 1 amide bonds. The van der Waals surface area contributed by atoms with E-state index in [1.54, 1.807) is 23.1 Å². The molecule has 0 spiro atoms. The van der Waals surface area contributed by atoms with Gasteiger partial charge in [-0.25, -0.2) is 18.2 Å². The molecule has 1 aromatic heterocycles. The van der Waals surface area contributed by atoms with Gasteiger partial charge in [-0.15, -0.1) is 0 Å². The average Bonchev–Trinajstić information content (AvgIpc) is 3.17. The predicted octanol–water partition coefficient (Wildman–Crippen LogP) is 9.15. The van der Waals surface area contributed by atoms with Crippen LogP contribution in [0.4, 0.5) is 13.2 Å². The molecule has 0 bridgehead atoms. The molecule has 0 atom stereocenters. The van der Waals surface area contributed by atoms with E-state index in [1.807, 2.05) is 12.1 Å². The third kappa shape index (κ3) is 10.7. The third-order valence-electron chi connectivity index (χ3n) is 9.18. The van der Waals surface area contributed by atoms with Gasteiger partial charge in [-0.05, 0) is 81.8 Å². The molecular formula is C44H44F3N3O4. The highest BCUT2D eigenvalue weighted by Gasteiger charge is 2.20. The summed E-state index contributed by atoms with van der Waals surface area (Å²) in [6, 6.07) is 28.0. The molecule has 6 rings (SSSR count). The first kappa shape index (κ1) is 38.1. The summed E-state index contributed by atoms with van der Waals surface area (Å²) in [4.78, 5) is 21.2. The Morgan fingerprint density at radius 1 is 0.741 bits per heavy atom. The Balaban J connectivity index is 0.902. The fraction of sp³-hybridized carbons (Fsp3) is 0.273. The molecule has 10 heteroatoms. The molecule has 0 unspecified atom stereocenters. The van der Waals surface area contributed by atoms with E-state index in [0.717, 1.165) is 43.9 Å². The SMILES string of the molecule is CC(C)(C)c1ccc(OCCc2ccc(CN3CCN(C(=O)/C=C/c4ccc(Oc5ccc(OCc6ccc(F)c(F)c6)cn5)c(F)c4)CC3)cc2)cc1. The van der Waals surface area contributed by atoms with Gasteiger partial charge in [0.2, 0.25) is 11.8 Å². The largest absolute Gasteiger partial charge is 0.493 e. The first-order valence-corrected chi connectivity index (χ1v) is 18.0. The van der Waals surface area contributed by atoms with Crippen LogP contribution < -0.4 is 14.2 Å². The van der Waals surface area contributed by atoms with Crippen molar-refractivity contribution < 1.29 is 32.2 Å². The van der Waals surface area contributed by atoms with E-state index in [2.05, 4.69) is 67.1 Å². The molecule has 1 aliphatic rings. The minimum atomic E-state index is -0.951. The monoisotopic (exact) mass is 735 g/mol. The summed E-state index contributed by atoms with van der Waals surface area (Å²) in [5.74, 6) is -1.24. The number of halogens is 3. The standard InChI is InChI=1S/C44H44F3N3O4/c1-44(2,3)35-11-13-36(14-12-35)52-25-20-31-4-6-33(7-5-31)29-49-21-23-50(24-22-49)43(51)19-10-32-9-17-41(40(47)26-32)54-42-18-15-37(28-48-42)53-30-34-8-16-38(45)39(46)27-34/h4-19,26-28H,20-25,29-30H2,1-3H3/b19-10+. The second-order valence-corrected chi connectivity index (χ2v) is 14.3. The summed E-state index contributed by atoms with van der Waals surface area (Å²) in [6.45, 7) is 10.8. The third-order valence-corrected chi connectivity index (χ3v) is 9.18. The number of hydrogen-bond donors (Lipinski definition) is 0. The van der Waals surface area contributed by atoms with Crippen LogP contribution in [-0.4, -0.2) is 53.5 Å². The van der Waals surface area contributed by atoms with E-state index in [9.17, 15) is 18.0 Å². The van der Waals surface area contributed by atoms with Gasteiger partial charge in [-0.1, -0.05) is 69.3 Å². The Hall–Kier alpha value is -5.61. The van der Waals surface area contributed by atoms with Gasteiger partial charge in [0.25, 0.3) is 0 Å². The van der Waals surface area contributed by atoms with Crippen molar-refractivity contribution in [2.24, 2.45) is 0 Å². The van der Waals surface area contributed by atoms with Crippen LogP contribution >= 0.6 is 0 Å². The molecule has 4 aromatic carbocycles. The Morgan fingerprint density at radius 3 is 2.11 bits per heavy atom. The maximum Gasteiger partial charge on any atom is 0.246 e. The van der Waals surface area contributed by atoms with Gasteiger partial charge in [0.1, 0.15) is 18.1 Å². The first-order valence-electron chi connectivity index (χ1n) is 18.0. The number of amides is 1. The fourth-order valence-electron chi connectivity index (χ4n) is 5.93. The highest BCUT2D eigenvalue weighted by atomic mass is 19.2. The van der Waals surface area contributed by atoms with Crippen molar-refractivity contribution in [1.82, 2.24) is 14.8 Å². The number of aromatic nitrogens is 1. The number of carbonyl (C=O) groups is 1. The predicted molar refractivity (Wildman–Crippen MR) is 203 cm³/mol. The molecule has 280 valence electrons. The molecule has 0 aliphatic carbocycles. The van der Waals surface area contributed by atoms with Gasteiger partial charge in [-0.2, -0.15) is 0 Å². The number of benzene rings is 4. The van der Waals surface area contributed by atoms with Crippen LogP contribution in [0, 0.1) is 17.5 Å². The maximum absolute atomic E-state index is 14.9. The average molecular weight is 736 g/mol. The van der Waals surface area contributed by atoms with Gasteiger partial charge < -0.3 is 19.1 Å². The van der Waals surface area contributed by atoms with Crippen LogP contribution in [0.5, 0.6) is 23.1 Å². The molecule has 1 fully saturated rings. The van der Waals surface area contributed by atoms with Crippen molar-refractivity contribution in [3.05, 3.63) is 155 Å². The summed E-state index contributed by atoms with van der Waals surface area (Å²) < 4.78 is 58.5. The lowest BCUT2D eigenvalue weighted by atomic mass is 9.87. The Morgan fingerprint density at radius 2 is 1.44 bits per heavy atom. The van der Waals surface area contributed by atoms with Crippen LogP contribution in [-0.2, 0) is 29.8 Å². The molecule has 1 saturated heterocycles. The number of pyridine rings is 1. The van der Waals surface area contributed by atoms with Gasteiger partial charge in [-0.3, -0.25) is 9.69 Å². The fourth-order valence-corrected chi connectivity index (χ4v) is 5.93. The van der Waals surface area contributed by atoms with Crippen LogP contribution in [0.15, 0.2) is 109 Å². The van der Waals surface area contributed by atoms with E-state index < -0.39 is 17.5 Å². The van der Waals surface area contributed by atoms with Gasteiger partial charge >= 0.3 is 0 Å². The zero-order chi connectivity index (χ0) is 38.1. The van der Waals surface area contributed by atoms with Gasteiger partial charge in [0.15, 0.2) is 23.2 Å². The lowest BCUT2D eigenvalue weighted by molar-refractivity contribution is -0.127. The molecular weight excluding hydrogens is 691 g/mol. The Labute approximate surface area is 314 Å². The number of rotatable bonds is 13. The zero-order valence-electron chi connectivity index (χ0n) is 30.7. The first-order chi connectivity index (χ1) is 26.0. The van der Waals surface area contributed by atoms with Crippen molar-refractivity contribution in [2.45, 2.75) is 45.8 Å². The van der Waals surface area contributed by atoms with Crippen LogP contribution in [0.2, 0.25) is 0 Å². The molecule has 2 heterocycles. The molecule has 7 nitrogen and oxygen atoms in total. The number of piperazine rings is 1. The van der Waals surface area contributed by atoms with Crippen LogP contribution in [0.3, 0.4) is 0 Å². The molecule has 0 saturated carbocycles. The van der Waals surface area contributed by atoms with E-state index in [0.29, 0.717) is 36.6 Å². The molecule has 0 radical (unpaired) electrons. The van der Waals surface area contributed by atoms with Crippen molar-refractivity contribution in [2.75, 3.05) is 32.8 Å². The van der Waals surface area contributed by atoms with Crippen LogP contribution in [0.25, 0.3) is 6.08 Å². The van der Waals surface area contributed by atoms with Crippen molar-refractivity contribution in [1.29, 1.82) is 0 Å². The summed E-state index contributed by atoms with van der Waals surface area (Å²) in [5.41, 5.74) is 4.84. The lowest BCUT2D eigenvalue weighted by Gasteiger charge is -2.34. The second-order valence-electron chi connectivity index (χ2n) is 14.3. The minimum Gasteiger partial charge on any atom is -0.493 e.